The third kappa shape index (κ3) is 2.18. The van der Waals surface area contributed by atoms with Crippen molar-refractivity contribution < 1.29 is 0 Å². The van der Waals surface area contributed by atoms with E-state index in [9.17, 15) is 0 Å². The first kappa shape index (κ1) is 10.4. The van der Waals surface area contributed by atoms with Gasteiger partial charge in [0.05, 0.1) is 5.69 Å². The Morgan fingerprint density at radius 1 is 1.35 bits per heavy atom. The second-order valence-corrected chi connectivity index (χ2v) is 4.72. The number of fused-ring (bicyclic) bond motifs is 1. The summed E-state index contributed by atoms with van der Waals surface area (Å²) in [4.78, 5) is 0. The Bertz CT molecular complexity index is 516. The van der Waals surface area contributed by atoms with Crippen LogP contribution in [0.4, 0.5) is 5.69 Å². The van der Waals surface area contributed by atoms with E-state index in [0.29, 0.717) is 6.04 Å². The van der Waals surface area contributed by atoms with E-state index in [1.165, 1.54) is 29.8 Å². The first-order valence-electron chi connectivity index (χ1n) is 6.14. The number of para-hydroxylation sites is 1. The molecule has 1 aliphatic rings. The van der Waals surface area contributed by atoms with Crippen LogP contribution in [0.2, 0.25) is 0 Å². The number of rotatable bonds is 2. The molecule has 3 nitrogen and oxygen atoms in total. The van der Waals surface area contributed by atoms with Gasteiger partial charge in [-0.15, -0.1) is 0 Å². The van der Waals surface area contributed by atoms with Crippen LogP contribution in [0.3, 0.4) is 0 Å². The molecule has 0 saturated heterocycles. The van der Waals surface area contributed by atoms with Crippen LogP contribution in [-0.4, -0.2) is 15.8 Å². The first-order valence-corrected chi connectivity index (χ1v) is 6.14. The lowest BCUT2D eigenvalue weighted by molar-refractivity contribution is 0.611. The predicted octanol–water partition coefficient (Wildman–Crippen LogP) is 2.39. The normalized spacial score (nSPS) is 18.5. The molecule has 1 N–H and O–H groups in total. The maximum absolute atomic E-state index is 4.44. The molecule has 1 aromatic heterocycles. The summed E-state index contributed by atoms with van der Waals surface area (Å²) in [5, 5.41) is 8.04. The van der Waals surface area contributed by atoms with Crippen LogP contribution in [0.1, 0.15) is 17.7 Å². The van der Waals surface area contributed by atoms with Crippen molar-refractivity contribution in [2.45, 2.75) is 25.3 Å². The smallest absolute Gasteiger partial charge is 0.0644 e. The van der Waals surface area contributed by atoms with Gasteiger partial charge in [-0.3, -0.25) is 4.68 Å². The number of hydrogen-bond donors (Lipinski definition) is 1. The van der Waals surface area contributed by atoms with Gasteiger partial charge in [0.25, 0.3) is 0 Å². The second-order valence-electron chi connectivity index (χ2n) is 4.72. The lowest BCUT2D eigenvalue weighted by atomic mass is 9.95. The van der Waals surface area contributed by atoms with Crippen LogP contribution in [0.25, 0.3) is 0 Å². The average Bonchev–Trinajstić information content (AvgIpc) is 2.75. The summed E-state index contributed by atoms with van der Waals surface area (Å²) < 4.78 is 1.87. The summed E-state index contributed by atoms with van der Waals surface area (Å²) in [7, 11) is 1.97. The van der Waals surface area contributed by atoms with Gasteiger partial charge in [0, 0.05) is 31.4 Å². The van der Waals surface area contributed by atoms with Crippen molar-refractivity contribution in [3.63, 3.8) is 0 Å². The van der Waals surface area contributed by atoms with Gasteiger partial charge in [0.1, 0.15) is 0 Å². The SMILES string of the molecule is Cn1ccc(CC2CCc3ccccc3N2)n1. The summed E-state index contributed by atoms with van der Waals surface area (Å²) in [5.41, 5.74) is 3.90. The van der Waals surface area contributed by atoms with Crippen LogP contribution in [-0.2, 0) is 19.9 Å². The van der Waals surface area contributed by atoms with Crippen molar-refractivity contribution >= 4 is 5.69 Å². The molecule has 2 heterocycles. The van der Waals surface area contributed by atoms with E-state index in [0.717, 1.165) is 6.42 Å². The van der Waals surface area contributed by atoms with E-state index in [-0.39, 0.29) is 0 Å². The largest absolute Gasteiger partial charge is 0.382 e. The molecule has 0 amide bonds. The highest BCUT2D eigenvalue weighted by molar-refractivity contribution is 5.53. The number of hydrogen-bond acceptors (Lipinski definition) is 2. The topological polar surface area (TPSA) is 29.9 Å². The standard InChI is InChI=1S/C14H17N3/c1-17-9-8-13(16-17)10-12-7-6-11-4-2-3-5-14(11)15-12/h2-5,8-9,12,15H,6-7,10H2,1H3. The quantitative estimate of drug-likeness (QED) is 0.853. The van der Waals surface area contributed by atoms with Gasteiger partial charge in [0.2, 0.25) is 0 Å². The molecule has 0 fully saturated rings. The fourth-order valence-electron chi connectivity index (χ4n) is 2.48. The molecule has 0 bridgehead atoms. The first-order chi connectivity index (χ1) is 8.31. The van der Waals surface area contributed by atoms with Gasteiger partial charge in [-0.05, 0) is 30.5 Å². The molecule has 17 heavy (non-hydrogen) atoms. The van der Waals surface area contributed by atoms with Crippen LogP contribution in [0.15, 0.2) is 36.5 Å². The monoisotopic (exact) mass is 227 g/mol. The number of aromatic nitrogens is 2. The molecule has 88 valence electrons. The zero-order valence-electron chi connectivity index (χ0n) is 10.1. The van der Waals surface area contributed by atoms with Crippen LogP contribution in [0, 0.1) is 0 Å². The maximum atomic E-state index is 4.44. The lowest BCUT2D eigenvalue weighted by Gasteiger charge is -2.26. The lowest BCUT2D eigenvalue weighted by Crippen LogP contribution is -2.27. The fourth-order valence-corrected chi connectivity index (χ4v) is 2.48. The predicted molar refractivity (Wildman–Crippen MR) is 69.1 cm³/mol. The van der Waals surface area contributed by atoms with Gasteiger partial charge < -0.3 is 5.32 Å². The summed E-state index contributed by atoms with van der Waals surface area (Å²) in [6.45, 7) is 0. The van der Waals surface area contributed by atoms with Crippen LogP contribution < -0.4 is 5.32 Å². The molecule has 3 heteroatoms. The van der Waals surface area contributed by atoms with E-state index in [1.54, 1.807) is 0 Å². The Morgan fingerprint density at radius 2 is 2.24 bits per heavy atom. The summed E-state index contributed by atoms with van der Waals surface area (Å²) in [6, 6.07) is 11.2. The second kappa shape index (κ2) is 4.24. The number of nitrogens with zero attached hydrogens (tertiary/aromatic N) is 2. The molecule has 1 aliphatic heterocycles. The van der Waals surface area contributed by atoms with E-state index < -0.39 is 0 Å². The Morgan fingerprint density at radius 3 is 3.06 bits per heavy atom. The Balaban J connectivity index is 1.72. The molecular weight excluding hydrogens is 210 g/mol. The maximum Gasteiger partial charge on any atom is 0.0644 e. The van der Waals surface area contributed by atoms with E-state index in [1.807, 2.05) is 17.9 Å². The average molecular weight is 227 g/mol. The summed E-state index contributed by atoms with van der Waals surface area (Å²) in [6.07, 6.45) is 5.37. The van der Waals surface area contributed by atoms with Crippen molar-refractivity contribution in [2.75, 3.05) is 5.32 Å². The minimum atomic E-state index is 0.514. The van der Waals surface area contributed by atoms with Gasteiger partial charge in [-0.2, -0.15) is 5.10 Å². The van der Waals surface area contributed by atoms with Crippen molar-refractivity contribution in [1.82, 2.24) is 9.78 Å². The summed E-state index contributed by atoms with van der Waals surface area (Å²) >= 11 is 0. The molecular formula is C14H17N3. The third-order valence-electron chi connectivity index (χ3n) is 3.36. The van der Waals surface area contributed by atoms with E-state index in [2.05, 4.69) is 40.7 Å². The summed E-state index contributed by atoms with van der Waals surface area (Å²) in [5.74, 6) is 0. The highest BCUT2D eigenvalue weighted by Gasteiger charge is 2.18. The molecule has 0 spiro atoms. The van der Waals surface area contributed by atoms with Crippen LogP contribution in [0.5, 0.6) is 0 Å². The van der Waals surface area contributed by atoms with E-state index >= 15 is 0 Å². The number of nitrogens with one attached hydrogen (secondary N) is 1. The van der Waals surface area contributed by atoms with Gasteiger partial charge in [0.15, 0.2) is 0 Å². The molecule has 3 rings (SSSR count). The highest BCUT2D eigenvalue weighted by atomic mass is 15.2. The van der Waals surface area contributed by atoms with Crippen molar-refractivity contribution in [3.8, 4) is 0 Å². The minimum absolute atomic E-state index is 0.514. The van der Waals surface area contributed by atoms with E-state index in [4.69, 9.17) is 0 Å². The highest BCUT2D eigenvalue weighted by Crippen LogP contribution is 2.25. The minimum Gasteiger partial charge on any atom is -0.382 e. The Labute approximate surface area is 101 Å². The molecule has 1 unspecified atom stereocenters. The Hall–Kier alpha value is -1.77. The van der Waals surface area contributed by atoms with Gasteiger partial charge in [-0.1, -0.05) is 18.2 Å². The molecule has 0 saturated carbocycles. The Kier molecular flexibility index (Phi) is 2.59. The zero-order valence-corrected chi connectivity index (χ0v) is 10.1. The molecule has 1 atom stereocenters. The molecule has 2 aromatic rings. The van der Waals surface area contributed by atoms with Crippen LogP contribution >= 0.6 is 0 Å². The van der Waals surface area contributed by atoms with Gasteiger partial charge in [-0.25, -0.2) is 0 Å². The number of anilines is 1. The zero-order chi connectivity index (χ0) is 11.7. The molecule has 0 aliphatic carbocycles. The number of aryl methyl sites for hydroxylation is 2. The fraction of sp³-hybridized carbons (Fsp3) is 0.357. The van der Waals surface area contributed by atoms with Gasteiger partial charge >= 0.3 is 0 Å². The van der Waals surface area contributed by atoms with Crippen molar-refractivity contribution in [2.24, 2.45) is 7.05 Å². The molecule has 0 radical (unpaired) electrons. The van der Waals surface area contributed by atoms with Crippen molar-refractivity contribution in [1.29, 1.82) is 0 Å². The van der Waals surface area contributed by atoms with Crippen molar-refractivity contribution in [3.05, 3.63) is 47.8 Å². The number of benzene rings is 1. The molecule has 1 aromatic carbocycles. The third-order valence-corrected chi connectivity index (χ3v) is 3.36.